The lowest BCUT2D eigenvalue weighted by molar-refractivity contribution is -0.577. The van der Waals surface area contributed by atoms with E-state index in [1.54, 1.807) is 0 Å². The molecular weight excluding hydrogens is 268 g/mol. The SMILES string of the molecule is CCCCC1(C(=O)[O-])C=C([N+](=O)[O-])CC(C)([N+](=O)[O-])C1. The molecule has 0 saturated heterocycles. The highest BCUT2D eigenvalue weighted by Gasteiger charge is 2.53. The summed E-state index contributed by atoms with van der Waals surface area (Å²) in [5, 5.41) is 33.6. The van der Waals surface area contributed by atoms with E-state index in [2.05, 4.69) is 0 Å². The van der Waals surface area contributed by atoms with Crippen LogP contribution in [0.4, 0.5) is 0 Å². The average molecular weight is 285 g/mol. The van der Waals surface area contributed by atoms with Crippen LogP contribution in [0.15, 0.2) is 11.8 Å². The minimum Gasteiger partial charge on any atom is -0.549 e. The first-order valence-corrected chi connectivity index (χ1v) is 6.39. The molecule has 0 aliphatic heterocycles. The van der Waals surface area contributed by atoms with E-state index in [1.807, 2.05) is 6.92 Å². The van der Waals surface area contributed by atoms with Gasteiger partial charge in [-0.3, -0.25) is 20.2 Å². The van der Waals surface area contributed by atoms with Gasteiger partial charge in [0.05, 0.1) is 10.9 Å². The Kier molecular flexibility index (Phi) is 4.46. The van der Waals surface area contributed by atoms with E-state index < -0.39 is 32.5 Å². The van der Waals surface area contributed by atoms with Crippen LogP contribution in [0, 0.1) is 25.6 Å². The molecule has 112 valence electrons. The Morgan fingerprint density at radius 1 is 1.40 bits per heavy atom. The largest absolute Gasteiger partial charge is 0.549 e. The molecule has 0 fully saturated rings. The number of hydrogen-bond acceptors (Lipinski definition) is 6. The molecule has 0 heterocycles. The van der Waals surface area contributed by atoms with Gasteiger partial charge in [-0.05, 0) is 6.42 Å². The van der Waals surface area contributed by atoms with Gasteiger partial charge in [0.2, 0.25) is 11.2 Å². The predicted molar refractivity (Wildman–Crippen MR) is 66.7 cm³/mol. The molecule has 1 rings (SSSR count). The number of nitrogens with zero attached hydrogens (tertiary/aromatic N) is 2. The number of carboxylic acid groups (broad SMARTS) is 1. The van der Waals surface area contributed by atoms with Gasteiger partial charge >= 0.3 is 0 Å². The molecule has 20 heavy (non-hydrogen) atoms. The number of carbonyl (C=O) groups is 1. The summed E-state index contributed by atoms with van der Waals surface area (Å²) in [4.78, 5) is 32.2. The van der Waals surface area contributed by atoms with E-state index in [9.17, 15) is 30.1 Å². The predicted octanol–water partition coefficient (Wildman–Crippen LogP) is 0.903. The first kappa shape index (κ1) is 16.1. The van der Waals surface area contributed by atoms with Crippen LogP contribution in [0.25, 0.3) is 0 Å². The molecule has 0 saturated carbocycles. The van der Waals surface area contributed by atoms with Gasteiger partial charge in [0, 0.05) is 29.8 Å². The van der Waals surface area contributed by atoms with Crippen molar-refractivity contribution in [3.8, 4) is 0 Å². The zero-order chi connectivity index (χ0) is 15.6. The van der Waals surface area contributed by atoms with Gasteiger partial charge in [-0.15, -0.1) is 0 Å². The molecule has 0 spiro atoms. The fraction of sp³-hybridized carbons (Fsp3) is 0.750. The van der Waals surface area contributed by atoms with Crippen LogP contribution in [0.2, 0.25) is 0 Å². The van der Waals surface area contributed by atoms with Crippen molar-refractivity contribution in [3.05, 3.63) is 32.0 Å². The van der Waals surface area contributed by atoms with Gasteiger partial charge in [0.15, 0.2) is 0 Å². The first-order valence-electron chi connectivity index (χ1n) is 6.39. The van der Waals surface area contributed by atoms with Crippen LogP contribution >= 0.6 is 0 Å². The molecular formula is C12H17N2O6-. The summed E-state index contributed by atoms with van der Waals surface area (Å²) in [6.45, 7) is 3.09. The van der Waals surface area contributed by atoms with Crippen LogP contribution in [0.1, 0.15) is 46.0 Å². The van der Waals surface area contributed by atoms with Crippen LogP contribution in [0.5, 0.6) is 0 Å². The number of rotatable bonds is 6. The molecule has 0 bridgehead atoms. The first-order chi connectivity index (χ1) is 9.17. The molecule has 0 amide bonds. The van der Waals surface area contributed by atoms with Crippen molar-refractivity contribution in [2.24, 2.45) is 5.41 Å². The van der Waals surface area contributed by atoms with Crippen molar-refractivity contribution >= 4 is 5.97 Å². The van der Waals surface area contributed by atoms with Crippen molar-refractivity contribution in [3.63, 3.8) is 0 Å². The zero-order valence-electron chi connectivity index (χ0n) is 11.5. The lowest BCUT2D eigenvalue weighted by Gasteiger charge is -2.38. The molecule has 2 atom stereocenters. The third kappa shape index (κ3) is 2.94. The summed E-state index contributed by atoms with van der Waals surface area (Å²) in [5.41, 5.74) is -3.72. The van der Waals surface area contributed by atoms with Crippen molar-refractivity contribution in [2.45, 2.75) is 51.5 Å². The van der Waals surface area contributed by atoms with Gasteiger partial charge in [-0.1, -0.05) is 19.8 Å². The van der Waals surface area contributed by atoms with Crippen molar-refractivity contribution < 1.29 is 19.7 Å². The lowest BCUT2D eigenvalue weighted by Crippen LogP contribution is -2.52. The number of hydrogen-bond donors (Lipinski definition) is 0. The maximum Gasteiger partial charge on any atom is 0.250 e. The highest BCUT2D eigenvalue weighted by atomic mass is 16.6. The van der Waals surface area contributed by atoms with Crippen LogP contribution in [-0.2, 0) is 4.79 Å². The summed E-state index contributed by atoms with van der Waals surface area (Å²) in [6, 6.07) is 0. The van der Waals surface area contributed by atoms with E-state index in [-0.39, 0.29) is 19.3 Å². The Balaban J connectivity index is 3.32. The summed E-state index contributed by atoms with van der Waals surface area (Å²) < 4.78 is 0. The standard InChI is InChI=1S/C12H18N2O6/c1-3-4-5-12(10(15)16)7-9(13(17)18)6-11(2,8-12)14(19)20/h7H,3-6,8H2,1-2H3,(H,15,16)/p-1. The Labute approximate surface area is 115 Å². The fourth-order valence-corrected chi connectivity index (χ4v) is 2.69. The molecule has 8 heteroatoms. The van der Waals surface area contributed by atoms with Gasteiger partial charge in [-0.25, -0.2) is 0 Å². The van der Waals surface area contributed by atoms with Gasteiger partial charge in [-0.2, -0.15) is 0 Å². The van der Waals surface area contributed by atoms with E-state index in [1.165, 1.54) is 6.92 Å². The summed E-state index contributed by atoms with van der Waals surface area (Å²) in [5.74, 6) is -1.49. The average Bonchev–Trinajstić information content (AvgIpc) is 2.35. The number of carbonyl (C=O) groups excluding carboxylic acids is 1. The van der Waals surface area contributed by atoms with E-state index in [4.69, 9.17) is 0 Å². The van der Waals surface area contributed by atoms with Gasteiger partial charge in [0.1, 0.15) is 6.42 Å². The number of unbranched alkanes of at least 4 members (excludes halogenated alkanes) is 1. The van der Waals surface area contributed by atoms with Crippen LogP contribution in [0.3, 0.4) is 0 Å². The van der Waals surface area contributed by atoms with E-state index >= 15 is 0 Å². The van der Waals surface area contributed by atoms with Crippen molar-refractivity contribution in [2.75, 3.05) is 0 Å². The monoisotopic (exact) mass is 285 g/mol. The Morgan fingerprint density at radius 2 is 2.00 bits per heavy atom. The van der Waals surface area contributed by atoms with Gasteiger partial charge in [0.25, 0.3) is 0 Å². The second kappa shape index (κ2) is 5.56. The molecule has 0 N–H and O–H groups in total. The highest BCUT2D eigenvalue weighted by Crippen LogP contribution is 2.44. The summed E-state index contributed by atoms with van der Waals surface area (Å²) >= 11 is 0. The molecule has 0 aromatic carbocycles. The maximum absolute atomic E-state index is 11.5. The molecule has 0 aromatic heterocycles. The van der Waals surface area contributed by atoms with Gasteiger partial charge < -0.3 is 9.90 Å². The highest BCUT2D eigenvalue weighted by molar-refractivity contribution is 5.75. The van der Waals surface area contributed by atoms with Crippen molar-refractivity contribution in [1.82, 2.24) is 0 Å². The smallest absolute Gasteiger partial charge is 0.250 e. The topological polar surface area (TPSA) is 126 Å². The second-order valence-electron chi connectivity index (χ2n) is 5.55. The number of carboxylic acids is 1. The second-order valence-corrected chi connectivity index (χ2v) is 5.55. The summed E-state index contributed by atoms with van der Waals surface area (Å²) in [7, 11) is 0. The lowest BCUT2D eigenvalue weighted by atomic mass is 9.67. The fourth-order valence-electron chi connectivity index (χ4n) is 2.69. The maximum atomic E-state index is 11.5. The Hall–Kier alpha value is -1.99. The minimum absolute atomic E-state index is 0.104. The molecule has 8 nitrogen and oxygen atoms in total. The molecule has 1 aliphatic rings. The van der Waals surface area contributed by atoms with Crippen molar-refractivity contribution in [1.29, 1.82) is 0 Å². The Bertz CT molecular complexity index is 475. The third-order valence-corrected chi connectivity index (χ3v) is 3.76. The van der Waals surface area contributed by atoms with E-state index in [0.29, 0.717) is 12.8 Å². The number of nitro groups is 2. The minimum atomic E-state index is -1.66. The van der Waals surface area contributed by atoms with Crippen LogP contribution < -0.4 is 5.11 Å². The van der Waals surface area contributed by atoms with E-state index in [0.717, 1.165) is 6.08 Å². The molecule has 2 unspecified atom stereocenters. The number of aliphatic carboxylic acids is 1. The Morgan fingerprint density at radius 3 is 2.40 bits per heavy atom. The summed E-state index contributed by atoms with van der Waals surface area (Å²) in [6.07, 6.45) is 1.67. The molecule has 0 aromatic rings. The van der Waals surface area contributed by atoms with Crippen LogP contribution in [-0.4, -0.2) is 21.4 Å². The molecule has 1 aliphatic carbocycles. The molecule has 0 radical (unpaired) electrons. The third-order valence-electron chi connectivity index (χ3n) is 3.76. The zero-order valence-corrected chi connectivity index (χ0v) is 11.5. The normalized spacial score (nSPS) is 29.6. The quantitative estimate of drug-likeness (QED) is 0.527.